The topological polar surface area (TPSA) is 33.1 Å². The lowest BCUT2D eigenvalue weighted by Crippen LogP contribution is -2.29. The average molecular weight is 391 g/mol. The van der Waals surface area contributed by atoms with Gasteiger partial charge in [-0.3, -0.25) is 4.98 Å². The molecule has 2 atom stereocenters. The third kappa shape index (κ3) is 3.31. The van der Waals surface area contributed by atoms with Crippen LogP contribution in [-0.2, 0) is 6.54 Å². The third-order valence-electron chi connectivity index (χ3n) is 5.65. The van der Waals surface area contributed by atoms with Crippen molar-refractivity contribution < 1.29 is 0 Å². The van der Waals surface area contributed by atoms with Gasteiger partial charge in [-0.05, 0) is 62.3 Å². The van der Waals surface area contributed by atoms with E-state index in [-0.39, 0.29) is 12.1 Å². The minimum atomic E-state index is 0.0549. The summed E-state index contributed by atoms with van der Waals surface area (Å²) in [6.07, 6.45) is 1.85. The monoisotopic (exact) mass is 390 g/mol. The minimum absolute atomic E-state index is 0.0549. The van der Waals surface area contributed by atoms with Crippen LogP contribution in [0.1, 0.15) is 47.2 Å². The molecule has 0 saturated carbocycles. The highest BCUT2D eigenvalue weighted by atomic mass is 32.1. The molecule has 1 aliphatic rings. The standard InChI is InChI=1S/C23H26N4S/c1-4-26-22(21(25-23(26)28)20-12-8-9-13-24-20)19-14-16(2)27(17(19)3)15-18-10-6-5-7-11-18/h5-14,21-22H,4,15H2,1-3H3,(H,25,28)/t21-,22+/m0/s1. The van der Waals surface area contributed by atoms with Gasteiger partial charge in [-0.1, -0.05) is 36.4 Å². The molecule has 2 aromatic heterocycles. The van der Waals surface area contributed by atoms with Gasteiger partial charge in [-0.2, -0.15) is 0 Å². The lowest BCUT2D eigenvalue weighted by atomic mass is 9.97. The molecule has 4 nitrogen and oxygen atoms in total. The van der Waals surface area contributed by atoms with Crippen LogP contribution in [0.3, 0.4) is 0 Å². The van der Waals surface area contributed by atoms with Crippen molar-refractivity contribution in [2.45, 2.75) is 39.4 Å². The Hall–Kier alpha value is -2.66. The van der Waals surface area contributed by atoms with Gasteiger partial charge in [0, 0.05) is 30.7 Å². The van der Waals surface area contributed by atoms with Crippen LogP contribution in [-0.4, -0.2) is 26.1 Å². The van der Waals surface area contributed by atoms with Gasteiger partial charge in [0.2, 0.25) is 0 Å². The summed E-state index contributed by atoms with van der Waals surface area (Å²) in [4.78, 5) is 6.89. The van der Waals surface area contributed by atoms with Gasteiger partial charge in [0.05, 0.1) is 17.8 Å². The number of thiocarbonyl (C=S) groups is 1. The van der Waals surface area contributed by atoms with E-state index in [0.717, 1.165) is 23.9 Å². The molecule has 3 aromatic rings. The Morgan fingerprint density at radius 1 is 1.07 bits per heavy atom. The number of nitrogens with one attached hydrogen (secondary N) is 1. The van der Waals surface area contributed by atoms with Gasteiger partial charge in [0.25, 0.3) is 0 Å². The third-order valence-corrected chi connectivity index (χ3v) is 6.01. The van der Waals surface area contributed by atoms with Crippen LogP contribution in [0, 0.1) is 13.8 Å². The van der Waals surface area contributed by atoms with E-state index < -0.39 is 0 Å². The molecule has 1 aliphatic heterocycles. The van der Waals surface area contributed by atoms with E-state index in [0.29, 0.717) is 0 Å². The molecule has 1 saturated heterocycles. The largest absolute Gasteiger partial charge is 0.352 e. The van der Waals surface area contributed by atoms with Crippen LogP contribution in [0.25, 0.3) is 0 Å². The summed E-state index contributed by atoms with van der Waals surface area (Å²) in [7, 11) is 0. The first-order chi connectivity index (χ1) is 13.6. The van der Waals surface area contributed by atoms with E-state index >= 15 is 0 Å². The lowest BCUT2D eigenvalue weighted by Gasteiger charge is -2.27. The number of aromatic nitrogens is 2. The zero-order chi connectivity index (χ0) is 19.7. The van der Waals surface area contributed by atoms with Gasteiger partial charge >= 0.3 is 0 Å². The maximum atomic E-state index is 5.66. The normalized spacial score (nSPS) is 19.1. The van der Waals surface area contributed by atoms with Crippen molar-refractivity contribution >= 4 is 17.3 Å². The van der Waals surface area contributed by atoms with E-state index in [2.05, 4.69) is 83.0 Å². The van der Waals surface area contributed by atoms with Crippen molar-refractivity contribution in [3.05, 3.63) is 89.0 Å². The fourth-order valence-electron chi connectivity index (χ4n) is 4.22. The maximum absolute atomic E-state index is 5.66. The number of hydrogen-bond donors (Lipinski definition) is 1. The van der Waals surface area contributed by atoms with E-state index in [1.54, 1.807) is 0 Å². The Morgan fingerprint density at radius 2 is 1.82 bits per heavy atom. The molecule has 144 valence electrons. The molecular formula is C23H26N4S. The van der Waals surface area contributed by atoms with Gasteiger partial charge in [0.1, 0.15) is 0 Å². The van der Waals surface area contributed by atoms with Gasteiger partial charge in [0.15, 0.2) is 5.11 Å². The first-order valence-corrected chi connectivity index (χ1v) is 10.2. The molecule has 0 aliphatic carbocycles. The van der Waals surface area contributed by atoms with E-state index in [4.69, 9.17) is 12.2 Å². The summed E-state index contributed by atoms with van der Waals surface area (Å²) in [5, 5.41) is 4.31. The SMILES string of the molecule is CCN1C(=S)N[C@@H](c2ccccn2)[C@H]1c1cc(C)n(Cc2ccccc2)c1C. The highest BCUT2D eigenvalue weighted by Gasteiger charge is 2.40. The second-order valence-corrected chi connectivity index (χ2v) is 7.70. The number of aryl methyl sites for hydroxylation is 1. The smallest absolute Gasteiger partial charge is 0.170 e. The number of benzene rings is 1. The Bertz CT molecular complexity index is 965. The van der Waals surface area contributed by atoms with Crippen molar-refractivity contribution in [2.75, 3.05) is 6.54 Å². The van der Waals surface area contributed by atoms with Crippen molar-refractivity contribution in [1.29, 1.82) is 0 Å². The molecule has 0 bridgehead atoms. The zero-order valence-corrected chi connectivity index (χ0v) is 17.4. The molecule has 3 heterocycles. The molecule has 0 amide bonds. The zero-order valence-electron chi connectivity index (χ0n) is 16.6. The number of pyridine rings is 1. The predicted octanol–water partition coefficient (Wildman–Crippen LogP) is 4.54. The summed E-state index contributed by atoms with van der Waals surface area (Å²) in [6, 6.07) is 19.2. The second-order valence-electron chi connectivity index (χ2n) is 7.31. The maximum Gasteiger partial charge on any atom is 0.170 e. The highest BCUT2D eigenvalue weighted by molar-refractivity contribution is 7.80. The molecule has 0 unspecified atom stereocenters. The van der Waals surface area contributed by atoms with Crippen LogP contribution >= 0.6 is 12.2 Å². The summed E-state index contributed by atoms with van der Waals surface area (Å²) in [5.74, 6) is 0. The van der Waals surface area contributed by atoms with Crippen molar-refractivity contribution in [3.8, 4) is 0 Å². The summed E-state index contributed by atoms with van der Waals surface area (Å²) in [6.45, 7) is 8.30. The quantitative estimate of drug-likeness (QED) is 0.649. The Balaban J connectivity index is 1.75. The summed E-state index contributed by atoms with van der Waals surface area (Å²) >= 11 is 5.66. The predicted molar refractivity (Wildman–Crippen MR) is 117 cm³/mol. The molecule has 0 radical (unpaired) electrons. The minimum Gasteiger partial charge on any atom is -0.352 e. The number of likely N-dealkylation sites (N-methyl/N-ethyl adjacent to an activating group) is 1. The fourth-order valence-corrected chi connectivity index (χ4v) is 4.59. The fraction of sp³-hybridized carbons (Fsp3) is 0.304. The molecule has 0 spiro atoms. The molecule has 1 fully saturated rings. The molecule has 4 rings (SSSR count). The first kappa shape index (κ1) is 18.7. The number of hydrogen-bond acceptors (Lipinski definition) is 2. The van der Waals surface area contributed by atoms with E-state index in [1.165, 1.54) is 22.5 Å². The molecule has 5 heteroatoms. The lowest BCUT2D eigenvalue weighted by molar-refractivity contribution is 0.329. The van der Waals surface area contributed by atoms with E-state index in [9.17, 15) is 0 Å². The first-order valence-electron chi connectivity index (χ1n) is 9.78. The van der Waals surface area contributed by atoms with Crippen LogP contribution in [0.2, 0.25) is 0 Å². The Kier molecular flexibility index (Phi) is 5.18. The van der Waals surface area contributed by atoms with Crippen LogP contribution in [0.15, 0.2) is 60.8 Å². The van der Waals surface area contributed by atoms with Gasteiger partial charge < -0.3 is 14.8 Å². The van der Waals surface area contributed by atoms with Gasteiger partial charge in [-0.15, -0.1) is 0 Å². The molecule has 28 heavy (non-hydrogen) atoms. The summed E-state index contributed by atoms with van der Waals surface area (Å²) in [5.41, 5.74) is 6.21. The van der Waals surface area contributed by atoms with Crippen molar-refractivity contribution in [1.82, 2.24) is 19.8 Å². The number of rotatable bonds is 5. The van der Waals surface area contributed by atoms with Crippen molar-refractivity contribution in [3.63, 3.8) is 0 Å². The van der Waals surface area contributed by atoms with Crippen LogP contribution in [0.5, 0.6) is 0 Å². The Morgan fingerprint density at radius 3 is 2.50 bits per heavy atom. The van der Waals surface area contributed by atoms with Gasteiger partial charge in [-0.25, -0.2) is 0 Å². The van der Waals surface area contributed by atoms with Crippen LogP contribution in [0.4, 0.5) is 0 Å². The highest BCUT2D eigenvalue weighted by Crippen LogP contribution is 2.40. The van der Waals surface area contributed by atoms with Crippen LogP contribution < -0.4 is 5.32 Å². The molecule has 1 N–H and O–H groups in total. The number of nitrogens with zero attached hydrogens (tertiary/aromatic N) is 3. The van der Waals surface area contributed by atoms with Crippen molar-refractivity contribution in [2.24, 2.45) is 0 Å². The average Bonchev–Trinajstić information content (AvgIpc) is 3.20. The summed E-state index contributed by atoms with van der Waals surface area (Å²) < 4.78 is 2.40. The Labute approximate surface area is 172 Å². The second kappa shape index (κ2) is 7.76. The molecule has 1 aromatic carbocycles. The van der Waals surface area contributed by atoms with E-state index in [1.807, 2.05) is 18.3 Å². The molecular weight excluding hydrogens is 364 g/mol.